The summed E-state index contributed by atoms with van der Waals surface area (Å²) in [6.45, 7) is 0.491. The minimum absolute atomic E-state index is 0.109. The molecule has 0 bridgehead atoms. The summed E-state index contributed by atoms with van der Waals surface area (Å²) in [6, 6.07) is 14.1. The first-order chi connectivity index (χ1) is 13.2. The first kappa shape index (κ1) is 17.4. The fourth-order valence-electron chi connectivity index (χ4n) is 2.75. The lowest BCUT2D eigenvalue weighted by Crippen LogP contribution is -2.27. The smallest absolute Gasteiger partial charge is 0.230 e. The first-order valence-corrected chi connectivity index (χ1v) is 9.43. The van der Waals surface area contributed by atoms with Gasteiger partial charge in [-0.25, -0.2) is 9.37 Å². The molecule has 0 saturated heterocycles. The maximum atomic E-state index is 12.9. The number of thioether (sulfide) groups is 1. The quantitative estimate of drug-likeness (QED) is 0.502. The van der Waals surface area contributed by atoms with Crippen LogP contribution in [-0.4, -0.2) is 38.4 Å². The van der Waals surface area contributed by atoms with Gasteiger partial charge in [-0.1, -0.05) is 42.1 Å². The van der Waals surface area contributed by atoms with Crippen molar-refractivity contribution in [3.05, 3.63) is 59.9 Å². The molecular formula is C19H16FN5OS. The Morgan fingerprint density at radius 2 is 1.93 bits per heavy atom. The Morgan fingerprint density at radius 1 is 1.11 bits per heavy atom. The fourth-order valence-corrected chi connectivity index (χ4v) is 3.36. The Bertz CT molecular complexity index is 1100. The average Bonchev–Trinajstić information content (AvgIpc) is 3.06. The van der Waals surface area contributed by atoms with E-state index in [1.54, 1.807) is 12.1 Å². The molecule has 0 aliphatic heterocycles. The predicted molar refractivity (Wildman–Crippen MR) is 103 cm³/mol. The van der Waals surface area contributed by atoms with Gasteiger partial charge < -0.3 is 10.3 Å². The summed E-state index contributed by atoms with van der Waals surface area (Å²) >= 11 is 1.24. The van der Waals surface area contributed by atoms with E-state index in [9.17, 15) is 9.18 Å². The van der Waals surface area contributed by atoms with Gasteiger partial charge >= 0.3 is 0 Å². The summed E-state index contributed by atoms with van der Waals surface area (Å²) in [4.78, 5) is 19.6. The van der Waals surface area contributed by atoms with Crippen LogP contribution in [-0.2, 0) is 11.2 Å². The van der Waals surface area contributed by atoms with Crippen LogP contribution < -0.4 is 5.32 Å². The number of nitrogens with zero attached hydrogens (tertiary/aromatic N) is 3. The third kappa shape index (κ3) is 4.06. The molecule has 136 valence electrons. The van der Waals surface area contributed by atoms with Gasteiger partial charge in [0, 0.05) is 17.4 Å². The second kappa shape index (κ2) is 7.71. The van der Waals surface area contributed by atoms with E-state index in [1.807, 2.05) is 24.3 Å². The van der Waals surface area contributed by atoms with E-state index in [1.165, 1.54) is 23.9 Å². The van der Waals surface area contributed by atoms with Gasteiger partial charge in [-0.2, -0.15) is 0 Å². The molecule has 1 amide bonds. The lowest BCUT2D eigenvalue weighted by molar-refractivity contribution is -0.118. The van der Waals surface area contributed by atoms with E-state index in [0.29, 0.717) is 23.8 Å². The number of rotatable bonds is 6. The number of aromatic nitrogens is 4. The van der Waals surface area contributed by atoms with Crippen LogP contribution in [0.4, 0.5) is 4.39 Å². The Hall–Kier alpha value is -3.00. The second-order valence-electron chi connectivity index (χ2n) is 5.98. The molecule has 4 rings (SSSR count). The number of hydrogen-bond acceptors (Lipinski definition) is 5. The molecule has 2 aromatic heterocycles. The lowest BCUT2D eigenvalue weighted by Gasteiger charge is -2.05. The molecule has 6 nitrogen and oxygen atoms in total. The highest BCUT2D eigenvalue weighted by atomic mass is 32.2. The van der Waals surface area contributed by atoms with Gasteiger partial charge in [-0.05, 0) is 30.2 Å². The van der Waals surface area contributed by atoms with Crippen molar-refractivity contribution in [2.75, 3.05) is 12.3 Å². The van der Waals surface area contributed by atoms with Crippen LogP contribution in [0, 0.1) is 5.82 Å². The van der Waals surface area contributed by atoms with E-state index in [0.717, 1.165) is 22.0 Å². The number of carbonyl (C=O) groups is 1. The summed E-state index contributed by atoms with van der Waals surface area (Å²) < 4.78 is 12.9. The van der Waals surface area contributed by atoms with E-state index in [-0.39, 0.29) is 17.5 Å². The summed E-state index contributed by atoms with van der Waals surface area (Å²) in [5.41, 5.74) is 3.31. The highest BCUT2D eigenvalue weighted by molar-refractivity contribution is 7.99. The number of nitrogens with one attached hydrogen (secondary N) is 2. The SMILES string of the molecule is O=C(CSc1nnc2c(n1)[nH]c1ccccc12)NCCc1ccc(F)cc1. The Labute approximate surface area is 158 Å². The second-order valence-corrected chi connectivity index (χ2v) is 6.92. The number of halogens is 1. The maximum absolute atomic E-state index is 12.9. The molecule has 0 unspecified atom stereocenters. The number of H-pyrrole nitrogens is 1. The minimum atomic E-state index is -0.264. The standard InChI is InChI=1S/C19H16FN5OS/c20-13-7-5-12(6-8-13)9-10-21-16(26)11-27-19-23-18-17(24-25-19)14-3-1-2-4-15(14)22-18/h1-8H,9-11H2,(H,21,26)(H,22,23,25). The topological polar surface area (TPSA) is 83.6 Å². The number of benzene rings is 2. The van der Waals surface area contributed by atoms with Crippen molar-refractivity contribution in [3.63, 3.8) is 0 Å². The van der Waals surface area contributed by atoms with Crippen LogP contribution in [0.25, 0.3) is 22.1 Å². The summed E-state index contributed by atoms with van der Waals surface area (Å²) in [5.74, 6) is -0.168. The highest BCUT2D eigenvalue weighted by Crippen LogP contribution is 2.23. The molecule has 2 heterocycles. The minimum Gasteiger partial charge on any atom is -0.355 e. The molecule has 2 N–H and O–H groups in total. The molecule has 0 fully saturated rings. The molecule has 0 radical (unpaired) electrons. The number of fused-ring (bicyclic) bond motifs is 3. The third-order valence-corrected chi connectivity index (χ3v) is 4.92. The van der Waals surface area contributed by atoms with E-state index in [2.05, 4.69) is 25.5 Å². The van der Waals surface area contributed by atoms with Crippen LogP contribution in [0.1, 0.15) is 5.56 Å². The fraction of sp³-hybridized carbons (Fsp3) is 0.158. The van der Waals surface area contributed by atoms with E-state index in [4.69, 9.17) is 0 Å². The normalized spacial score (nSPS) is 11.1. The predicted octanol–water partition coefficient (Wildman–Crippen LogP) is 3.10. The summed E-state index contributed by atoms with van der Waals surface area (Å²) in [5, 5.41) is 12.6. The zero-order chi connectivity index (χ0) is 18.6. The van der Waals surface area contributed by atoms with Gasteiger partial charge in [-0.15, -0.1) is 10.2 Å². The molecule has 0 aliphatic rings. The highest BCUT2D eigenvalue weighted by Gasteiger charge is 2.10. The van der Waals surface area contributed by atoms with Crippen molar-refractivity contribution < 1.29 is 9.18 Å². The van der Waals surface area contributed by atoms with Crippen LogP contribution >= 0.6 is 11.8 Å². The summed E-state index contributed by atoms with van der Waals surface area (Å²) in [7, 11) is 0. The number of hydrogen-bond donors (Lipinski definition) is 2. The monoisotopic (exact) mass is 381 g/mol. The Morgan fingerprint density at radius 3 is 2.78 bits per heavy atom. The molecule has 8 heteroatoms. The van der Waals surface area contributed by atoms with E-state index < -0.39 is 0 Å². The van der Waals surface area contributed by atoms with Crippen LogP contribution in [0.2, 0.25) is 0 Å². The molecule has 27 heavy (non-hydrogen) atoms. The van der Waals surface area contributed by atoms with Crippen molar-refractivity contribution in [2.45, 2.75) is 11.6 Å². The Balaban J connectivity index is 1.32. The van der Waals surface area contributed by atoms with Crippen LogP contribution in [0.3, 0.4) is 0 Å². The van der Waals surface area contributed by atoms with Crippen molar-refractivity contribution in [3.8, 4) is 0 Å². The van der Waals surface area contributed by atoms with E-state index >= 15 is 0 Å². The van der Waals surface area contributed by atoms with Crippen molar-refractivity contribution in [1.29, 1.82) is 0 Å². The third-order valence-electron chi connectivity index (χ3n) is 4.08. The number of aromatic amines is 1. The zero-order valence-corrected chi connectivity index (χ0v) is 15.1. The molecule has 0 aliphatic carbocycles. The van der Waals surface area contributed by atoms with Gasteiger partial charge in [0.25, 0.3) is 0 Å². The van der Waals surface area contributed by atoms with Crippen molar-refractivity contribution in [1.82, 2.24) is 25.5 Å². The number of amides is 1. The van der Waals surface area contributed by atoms with Gasteiger partial charge in [-0.3, -0.25) is 4.79 Å². The van der Waals surface area contributed by atoms with Gasteiger partial charge in [0.1, 0.15) is 11.3 Å². The van der Waals surface area contributed by atoms with Crippen LogP contribution in [0.5, 0.6) is 0 Å². The molecular weight excluding hydrogens is 365 g/mol. The largest absolute Gasteiger partial charge is 0.355 e. The average molecular weight is 381 g/mol. The van der Waals surface area contributed by atoms with Gasteiger partial charge in [0.15, 0.2) is 5.65 Å². The maximum Gasteiger partial charge on any atom is 0.230 e. The number of para-hydroxylation sites is 1. The lowest BCUT2D eigenvalue weighted by atomic mass is 10.1. The molecule has 0 saturated carbocycles. The molecule has 0 spiro atoms. The number of carbonyl (C=O) groups excluding carboxylic acids is 1. The van der Waals surface area contributed by atoms with Gasteiger partial charge in [0.05, 0.1) is 5.75 Å². The summed E-state index contributed by atoms with van der Waals surface area (Å²) in [6.07, 6.45) is 0.649. The zero-order valence-electron chi connectivity index (χ0n) is 14.3. The van der Waals surface area contributed by atoms with Gasteiger partial charge in [0.2, 0.25) is 11.1 Å². The molecule has 0 atom stereocenters. The molecule has 4 aromatic rings. The van der Waals surface area contributed by atoms with Crippen molar-refractivity contribution >= 4 is 39.7 Å². The first-order valence-electron chi connectivity index (χ1n) is 8.44. The van der Waals surface area contributed by atoms with Crippen molar-refractivity contribution in [2.24, 2.45) is 0 Å². The Kier molecular flexibility index (Phi) is 4.97. The van der Waals surface area contributed by atoms with Crippen LogP contribution in [0.15, 0.2) is 53.7 Å². The molecule has 2 aromatic carbocycles.